The first-order chi connectivity index (χ1) is 9.86. The van der Waals surface area contributed by atoms with Gasteiger partial charge in [-0.1, -0.05) is 54.9 Å². The van der Waals surface area contributed by atoms with Crippen molar-refractivity contribution in [3.63, 3.8) is 0 Å². The summed E-state index contributed by atoms with van der Waals surface area (Å²) in [5, 5.41) is 0. The van der Waals surface area contributed by atoms with E-state index in [0.29, 0.717) is 5.92 Å². The quantitative estimate of drug-likeness (QED) is 0.214. The monoisotopic (exact) mass is 288 g/mol. The van der Waals surface area contributed by atoms with Gasteiger partial charge in [0.05, 0.1) is 0 Å². The lowest BCUT2D eigenvalue weighted by atomic mass is 10.0. The van der Waals surface area contributed by atoms with Crippen LogP contribution in [0.15, 0.2) is 46.6 Å². The van der Waals surface area contributed by atoms with Crippen molar-refractivity contribution in [2.75, 3.05) is 0 Å². The minimum Gasteiger partial charge on any atom is -0.298 e. The molecule has 0 unspecified atom stereocenters. The molecule has 0 aromatic carbocycles. The summed E-state index contributed by atoms with van der Waals surface area (Å²) in [6, 6.07) is 0. The molecule has 1 heteroatoms. The van der Waals surface area contributed by atoms with Crippen LogP contribution in [0.2, 0.25) is 0 Å². The van der Waals surface area contributed by atoms with Crippen molar-refractivity contribution in [1.82, 2.24) is 0 Å². The zero-order chi connectivity index (χ0) is 16.3. The van der Waals surface area contributed by atoms with E-state index in [1.807, 2.05) is 19.9 Å². The van der Waals surface area contributed by atoms with Crippen LogP contribution in [0.1, 0.15) is 67.2 Å². The summed E-state index contributed by atoms with van der Waals surface area (Å²) < 4.78 is 0. The average molecular weight is 288 g/mol. The molecule has 0 aliphatic rings. The molecule has 0 bridgehead atoms. The lowest BCUT2D eigenvalue weighted by Gasteiger charge is -2.03. The molecule has 0 aliphatic heterocycles. The maximum Gasteiger partial charge on any atom is 0.146 e. The van der Waals surface area contributed by atoms with Crippen molar-refractivity contribution in [3.8, 4) is 0 Å². The van der Waals surface area contributed by atoms with Crippen molar-refractivity contribution >= 4 is 6.29 Å². The molecule has 0 aromatic rings. The summed E-state index contributed by atoms with van der Waals surface area (Å²) in [7, 11) is 0. The summed E-state index contributed by atoms with van der Waals surface area (Å²) in [6.45, 7) is 12.7. The first-order valence-corrected chi connectivity index (χ1v) is 7.98. The fourth-order valence-corrected chi connectivity index (χ4v) is 1.93. The number of carbonyl (C=O) groups excluding carboxylic acids is 1. The first kappa shape index (κ1) is 19.6. The van der Waals surface area contributed by atoms with Crippen molar-refractivity contribution in [1.29, 1.82) is 0 Å². The largest absolute Gasteiger partial charge is 0.298 e. The maximum absolute atomic E-state index is 10.9. The van der Waals surface area contributed by atoms with Gasteiger partial charge in [0.25, 0.3) is 0 Å². The third-order valence-corrected chi connectivity index (χ3v) is 3.49. The van der Waals surface area contributed by atoms with E-state index in [9.17, 15) is 4.79 Å². The smallest absolute Gasteiger partial charge is 0.146 e. The molecule has 0 heterocycles. The Morgan fingerprint density at radius 2 is 1.43 bits per heavy atom. The Balaban J connectivity index is 4.27. The van der Waals surface area contributed by atoms with E-state index in [0.717, 1.165) is 37.5 Å². The van der Waals surface area contributed by atoms with Crippen molar-refractivity contribution in [2.24, 2.45) is 5.92 Å². The van der Waals surface area contributed by atoms with E-state index < -0.39 is 0 Å². The molecule has 0 atom stereocenters. The highest BCUT2D eigenvalue weighted by molar-refractivity contribution is 5.74. The van der Waals surface area contributed by atoms with E-state index >= 15 is 0 Å². The summed E-state index contributed by atoms with van der Waals surface area (Å²) in [5.74, 6) is 0.295. The van der Waals surface area contributed by atoms with E-state index in [4.69, 9.17) is 0 Å². The molecule has 0 amide bonds. The summed E-state index contributed by atoms with van der Waals surface area (Å²) >= 11 is 0. The topological polar surface area (TPSA) is 17.1 Å². The van der Waals surface area contributed by atoms with Crippen LogP contribution in [-0.2, 0) is 4.79 Å². The Hall–Kier alpha value is -1.37. The zero-order valence-electron chi connectivity index (χ0n) is 14.7. The van der Waals surface area contributed by atoms with Crippen LogP contribution in [0, 0.1) is 5.92 Å². The predicted molar refractivity (Wildman–Crippen MR) is 94.4 cm³/mol. The molecule has 0 N–H and O–H groups in total. The maximum atomic E-state index is 10.9. The number of hydrogen-bond acceptors (Lipinski definition) is 1. The van der Waals surface area contributed by atoms with Crippen molar-refractivity contribution in [3.05, 3.63) is 46.6 Å². The zero-order valence-corrected chi connectivity index (χ0v) is 14.7. The van der Waals surface area contributed by atoms with Gasteiger partial charge >= 0.3 is 0 Å². The van der Waals surface area contributed by atoms with Gasteiger partial charge in [-0.25, -0.2) is 0 Å². The van der Waals surface area contributed by atoms with E-state index in [1.165, 1.54) is 16.7 Å². The third-order valence-electron chi connectivity index (χ3n) is 3.49. The predicted octanol–water partition coefficient (Wildman–Crippen LogP) is 6.19. The van der Waals surface area contributed by atoms with Crippen LogP contribution in [-0.4, -0.2) is 6.29 Å². The number of allylic oxidation sites excluding steroid dienone is 8. The molecule has 0 fully saturated rings. The fraction of sp³-hybridized carbons (Fsp3) is 0.550. The van der Waals surface area contributed by atoms with E-state index in [1.54, 1.807) is 0 Å². The van der Waals surface area contributed by atoms with Gasteiger partial charge in [0.15, 0.2) is 0 Å². The minimum absolute atomic E-state index is 0.295. The van der Waals surface area contributed by atoms with Crippen LogP contribution in [0.5, 0.6) is 0 Å². The second kappa shape index (κ2) is 11.3. The van der Waals surface area contributed by atoms with Gasteiger partial charge in [-0.2, -0.15) is 0 Å². The Bertz CT molecular complexity index is 427. The molecular formula is C20H32O. The van der Waals surface area contributed by atoms with Crippen LogP contribution in [0.4, 0.5) is 0 Å². The Morgan fingerprint density at radius 3 is 1.95 bits per heavy atom. The van der Waals surface area contributed by atoms with Gasteiger partial charge in [0.1, 0.15) is 6.29 Å². The molecule has 0 radical (unpaired) electrons. The van der Waals surface area contributed by atoms with Crippen LogP contribution in [0.25, 0.3) is 0 Å². The lowest BCUT2D eigenvalue weighted by Crippen LogP contribution is -1.94. The molecule has 1 nitrogen and oxygen atoms in total. The summed E-state index contributed by atoms with van der Waals surface area (Å²) in [5.41, 5.74) is 5.04. The molecule has 0 aliphatic carbocycles. The lowest BCUT2D eigenvalue weighted by molar-refractivity contribution is -0.105. The summed E-state index contributed by atoms with van der Waals surface area (Å²) in [6.07, 6.45) is 14.0. The molecule has 0 spiro atoms. The average Bonchev–Trinajstić information content (AvgIpc) is 2.38. The Kier molecular flexibility index (Phi) is 10.6. The SMILES string of the molecule is CC(C)=CCCC(C)=CCCC(C)=CC=C(C=O)C(C)C. The molecule has 21 heavy (non-hydrogen) atoms. The van der Waals surface area contributed by atoms with Crippen LogP contribution in [0.3, 0.4) is 0 Å². The third kappa shape index (κ3) is 11.0. The van der Waals surface area contributed by atoms with Gasteiger partial charge in [0, 0.05) is 0 Å². The summed E-state index contributed by atoms with van der Waals surface area (Å²) in [4.78, 5) is 10.9. The Morgan fingerprint density at radius 1 is 0.857 bits per heavy atom. The van der Waals surface area contributed by atoms with E-state index in [2.05, 4.69) is 45.9 Å². The standard InChI is InChI=1S/C20H32O/c1-16(2)9-7-10-18(5)11-8-12-19(6)13-14-20(15-21)17(3)4/h9,11,13-15,17H,7-8,10,12H2,1-6H3. The molecule has 0 saturated carbocycles. The normalized spacial score (nSPS) is 13.6. The molecular weight excluding hydrogens is 256 g/mol. The van der Waals surface area contributed by atoms with Crippen LogP contribution >= 0.6 is 0 Å². The molecule has 118 valence electrons. The molecule has 0 aromatic heterocycles. The molecule has 0 saturated heterocycles. The van der Waals surface area contributed by atoms with Gasteiger partial charge in [-0.15, -0.1) is 0 Å². The highest BCUT2D eigenvalue weighted by Crippen LogP contribution is 2.13. The van der Waals surface area contributed by atoms with Gasteiger partial charge in [-0.3, -0.25) is 4.79 Å². The highest BCUT2D eigenvalue weighted by Gasteiger charge is 1.99. The van der Waals surface area contributed by atoms with E-state index in [-0.39, 0.29) is 0 Å². The number of rotatable bonds is 9. The van der Waals surface area contributed by atoms with Gasteiger partial charge in [-0.05, 0) is 64.9 Å². The molecule has 0 rings (SSSR count). The number of aldehydes is 1. The first-order valence-electron chi connectivity index (χ1n) is 7.98. The van der Waals surface area contributed by atoms with Gasteiger partial charge in [0.2, 0.25) is 0 Å². The second-order valence-electron chi connectivity index (χ2n) is 6.36. The van der Waals surface area contributed by atoms with Gasteiger partial charge < -0.3 is 0 Å². The number of hydrogen-bond donors (Lipinski definition) is 0. The minimum atomic E-state index is 0.295. The van der Waals surface area contributed by atoms with Crippen LogP contribution < -0.4 is 0 Å². The number of carbonyl (C=O) groups is 1. The Labute approximate surface area is 131 Å². The highest BCUT2D eigenvalue weighted by atomic mass is 16.1. The van der Waals surface area contributed by atoms with Crippen molar-refractivity contribution < 1.29 is 4.79 Å². The fourth-order valence-electron chi connectivity index (χ4n) is 1.93. The second-order valence-corrected chi connectivity index (χ2v) is 6.36. The van der Waals surface area contributed by atoms with Crippen molar-refractivity contribution in [2.45, 2.75) is 67.2 Å².